The van der Waals surface area contributed by atoms with Crippen molar-refractivity contribution in [1.29, 1.82) is 0 Å². The minimum atomic E-state index is -3.82. The minimum Gasteiger partial charge on any atom is -0.480 e. The molecule has 1 rings (SSSR count). The van der Waals surface area contributed by atoms with Crippen molar-refractivity contribution >= 4 is 16.2 Å². The van der Waals surface area contributed by atoms with Gasteiger partial charge in [0.1, 0.15) is 6.54 Å². The van der Waals surface area contributed by atoms with Gasteiger partial charge in [0.15, 0.2) is 0 Å². The standard InChI is InChI=1S/C14H22N2O4S/c1-4-12(2)16(11-14(17)18)21(19,20)15(3)10-13-8-6-5-7-9-13/h5-9,12H,4,10-11H2,1-3H3,(H,17,18). The molecule has 1 atom stereocenters. The van der Waals surface area contributed by atoms with Crippen molar-refractivity contribution in [1.82, 2.24) is 8.61 Å². The molecule has 21 heavy (non-hydrogen) atoms. The molecule has 1 aromatic carbocycles. The monoisotopic (exact) mass is 314 g/mol. The smallest absolute Gasteiger partial charge is 0.318 e. The second-order valence-electron chi connectivity index (χ2n) is 4.95. The number of rotatable bonds is 8. The van der Waals surface area contributed by atoms with E-state index in [1.54, 1.807) is 6.92 Å². The van der Waals surface area contributed by atoms with Gasteiger partial charge in [0, 0.05) is 19.6 Å². The molecular weight excluding hydrogens is 292 g/mol. The Morgan fingerprint density at radius 3 is 2.33 bits per heavy atom. The van der Waals surface area contributed by atoms with Crippen molar-refractivity contribution in [2.24, 2.45) is 0 Å². The zero-order chi connectivity index (χ0) is 16.0. The number of nitrogens with zero attached hydrogens (tertiary/aromatic N) is 2. The van der Waals surface area contributed by atoms with E-state index in [0.717, 1.165) is 9.87 Å². The van der Waals surface area contributed by atoms with Gasteiger partial charge in [-0.15, -0.1) is 0 Å². The molecule has 0 aliphatic rings. The largest absolute Gasteiger partial charge is 0.480 e. The van der Waals surface area contributed by atoms with E-state index < -0.39 is 22.7 Å². The van der Waals surface area contributed by atoms with Crippen LogP contribution in [0.3, 0.4) is 0 Å². The molecule has 0 aromatic heterocycles. The molecule has 0 saturated carbocycles. The Hall–Kier alpha value is -1.44. The van der Waals surface area contributed by atoms with E-state index in [2.05, 4.69) is 0 Å². The lowest BCUT2D eigenvalue weighted by Crippen LogP contribution is -2.48. The van der Waals surface area contributed by atoms with E-state index in [0.29, 0.717) is 6.42 Å². The normalized spacial score (nSPS) is 13.6. The maximum Gasteiger partial charge on any atom is 0.318 e. The number of carboxylic acids is 1. The van der Waals surface area contributed by atoms with E-state index in [9.17, 15) is 13.2 Å². The Morgan fingerprint density at radius 1 is 1.29 bits per heavy atom. The molecular formula is C14H22N2O4S. The molecule has 0 amide bonds. The van der Waals surface area contributed by atoms with E-state index in [4.69, 9.17) is 5.11 Å². The zero-order valence-electron chi connectivity index (χ0n) is 12.6. The molecule has 1 N–H and O–H groups in total. The van der Waals surface area contributed by atoms with Crippen molar-refractivity contribution in [3.8, 4) is 0 Å². The van der Waals surface area contributed by atoms with Crippen molar-refractivity contribution < 1.29 is 18.3 Å². The lowest BCUT2D eigenvalue weighted by molar-refractivity contribution is -0.137. The quantitative estimate of drug-likeness (QED) is 0.789. The molecule has 0 saturated heterocycles. The highest BCUT2D eigenvalue weighted by molar-refractivity contribution is 7.86. The SMILES string of the molecule is CCC(C)N(CC(=O)O)S(=O)(=O)N(C)Cc1ccccc1. The first-order chi connectivity index (χ1) is 9.78. The van der Waals surface area contributed by atoms with Crippen LogP contribution in [-0.4, -0.2) is 47.7 Å². The van der Waals surface area contributed by atoms with Crippen molar-refractivity contribution in [3.05, 3.63) is 35.9 Å². The van der Waals surface area contributed by atoms with Crippen molar-refractivity contribution in [3.63, 3.8) is 0 Å². The summed E-state index contributed by atoms with van der Waals surface area (Å²) in [4.78, 5) is 10.9. The third-order valence-electron chi connectivity index (χ3n) is 3.31. The Balaban J connectivity index is 2.96. The van der Waals surface area contributed by atoms with Gasteiger partial charge in [0.05, 0.1) is 0 Å². The van der Waals surface area contributed by atoms with Gasteiger partial charge >= 0.3 is 5.97 Å². The van der Waals surface area contributed by atoms with Crippen LogP contribution in [0.4, 0.5) is 0 Å². The molecule has 1 aromatic rings. The third kappa shape index (κ3) is 4.80. The van der Waals surface area contributed by atoms with Gasteiger partial charge in [-0.25, -0.2) is 0 Å². The topological polar surface area (TPSA) is 77.9 Å². The lowest BCUT2D eigenvalue weighted by atomic mass is 10.2. The second-order valence-corrected chi connectivity index (χ2v) is 6.93. The van der Waals surface area contributed by atoms with Crippen LogP contribution in [0.15, 0.2) is 30.3 Å². The van der Waals surface area contributed by atoms with Crippen molar-refractivity contribution in [2.45, 2.75) is 32.9 Å². The number of aliphatic carboxylic acids is 1. The fourth-order valence-corrected chi connectivity index (χ4v) is 3.45. The maximum atomic E-state index is 12.6. The molecule has 6 nitrogen and oxygen atoms in total. The highest BCUT2D eigenvalue weighted by Crippen LogP contribution is 2.15. The van der Waals surface area contributed by atoms with E-state index in [1.165, 1.54) is 11.4 Å². The van der Waals surface area contributed by atoms with Gasteiger partial charge in [-0.2, -0.15) is 17.0 Å². The van der Waals surface area contributed by atoms with Crippen molar-refractivity contribution in [2.75, 3.05) is 13.6 Å². The summed E-state index contributed by atoms with van der Waals surface area (Å²) in [6, 6.07) is 8.81. The summed E-state index contributed by atoms with van der Waals surface area (Å²) in [7, 11) is -2.36. The first-order valence-corrected chi connectivity index (χ1v) is 8.17. The molecule has 0 aliphatic heterocycles. The minimum absolute atomic E-state index is 0.204. The molecule has 118 valence electrons. The Bertz CT molecular complexity index is 560. The number of benzene rings is 1. The van der Waals surface area contributed by atoms with E-state index in [-0.39, 0.29) is 12.6 Å². The molecule has 0 spiro atoms. The zero-order valence-corrected chi connectivity index (χ0v) is 13.4. The first-order valence-electron chi connectivity index (χ1n) is 6.77. The number of hydrogen-bond donors (Lipinski definition) is 1. The second kappa shape index (κ2) is 7.53. The average molecular weight is 314 g/mol. The highest BCUT2D eigenvalue weighted by Gasteiger charge is 2.32. The van der Waals surface area contributed by atoms with Crippen LogP contribution in [0.2, 0.25) is 0 Å². The third-order valence-corrected chi connectivity index (χ3v) is 5.31. The van der Waals surface area contributed by atoms with Crippen LogP contribution in [0.1, 0.15) is 25.8 Å². The summed E-state index contributed by atoms with van der Waals surface area (Å²) in [6.45, 7) is 3.20. The predicted molar refractivity (Wildman–Crippen MR) is 80.9 cm³/mol. The molecule has 0 bridgehead atoms. The van der Waals surface area contributed by atoms with E-state index >= 15 is 0 Å². The fourth-order valence-electron chi connectivity index (χ4n) is 1.90. The summed E-state index contributed by atoms with van der Waals surface area (Å²) in [5, 5.41) is 8.94. The number of hydrogen-bond acceptors (Lipinski definition) is 3. The summed E-state index contributed by atoms with van der Waals surface area (Å²) in [5.41, 5.74) is 0.850. The Labute approximate surface area is 126 Å². The van der Waals surface area contributed by atoms with Crippen LogP contribution in [0.25, 0.3) is 0 Å². The molecule has 0 aliphatic carbocycles. The first kappa shape index (κ1) is 17.6. The van der Waals surface area contributed by atoms with E-state index in [1.807, 2.05) is 37.3 Å². The summed E-state index contributed by atoms with van der Waals surface area (Å²) in [6.07, 6.45) is 0.547. The molecule has 1 unspecified atom stereocenters. The highest BCUT2D eigenvalue weighted by atomic mass is 32.2. The number of carboxylic acid groups (broad SMARTS) is 1. The maximum absolute atomic E-state index is 12.6. The van der Waals surface area contributed by atoms with Gasteiger partial charge in [-0.3, -0.25) is 4.79 Å². The molecule has 7 heteroatoms. The molecule has 0 radical (unpaired) electrons. The predicted octanol–water partition coefficient (Wildman–Crippen LogP) is 1.55. The van der Waals surface area contributed by atoms with Gasteiger partial charge < -0.3 is 5.11 Å². The average Bonchev–Trinajstić information content (AvgIpc) is 2.44. The van der Waals surface area contributed by atoms with Crippen LogP contribution < -0.4 is 0 Å². The van der Waals surface area contributed by atoms with Gasteiger partial charge in [-0.1, -0.05) is 37.3 Å². The molecule has 0 heterocycles. The lowest BCUT2D eigenvalue weighted by Gasteiger charge is -2.30. The van der Waals surface area contributed by atoms with Gasteiger partial charge in [0.25, 0.3) is 10.2 Å². The summed E-state index contributed by atoms with van der Waals surface area (Å²) < 4.78 is 27.3. The van der Waals surface area contributed by atoms with Crippen LogP contribution in [-0.2, 0) is 21.5 Å². The summed E-state index contributed by atoms with van der Waals surface area (Å²) in [5.74, 6) is -1.16. The van der Waals surface area contributed by atoms with Crippen LogP contribution >= 0.6 is 0 Å². The van der Waals surface area contributed by atoms with Crippen LogP contribution in [0.5, 0.6) is 0 Å². The fraction of sp³-hybridized carbons (Fsp3) is 0.500. The number of carbonyl (C=O) groups is 1. The summed E-state index contributed by atoms with van der Waals surface area (Å²) >= 11 is 0. The van der Waals surface area contributed by atoms with Gasteiger partial charge in [0.2, 0.25) is 0 Å². The van der Waals surface area contributed by atoms with Gasteiger partial charge in [-0.05, 0) is 18.9 Å². The molecule has 0 fully saturated rings. The Morgan fingerprint density at radius 2 is 1.86 bits per heavy atom. The Kier molecular flexibility index (Phi) is 6.32. The van der Waals surface area contributed by atoms with Crippen LogP contribution in [0, 0.1) is 0 Å².